The summed E-state index contributed by atoms with van der Waals surface area (Å²) in [5.74, 6) is 0.480. The van der Waals surface area contributed by atoms with E-state index in [0.717, 1.165) is 5.69 Å². The molecule has 0 fully saturated rings. The first-order valence-electron chi connectivity index (χ1n) is 7.15. The van der Waals surface area contributed by atoms with Crippen molar-refractivity contribution in [1.82, 2.24) is 4.57 Å². The summed E-state index contributed by atoms with van der Waals surface area (Å²) >= 11 is 1.17. The van der Waals surface area contributed by atoms with Crippen molar-refractivity contribution < 1.29 is 9.53 Å². The van der Waals surface area contributed by atoms with E-state index in [-0.39, 0.29) is 17.4 Å². The van der Waals surface area contributed by atoms with Gasteiger partial charge in [0.25, 0.3) is 0 Å². The van der Waals surface area contributed by atoms with Crippen LogP contribution in [-0.2, 0) is 11.3 Å². The topological polar surface area (TPSA) is 84.1 Å². The molecule has 0 aliphatic carbocycles. The number of hydrogen-bond donors (Lipinski definition) is 1. The minimum absolute atomic E-state index is 0.00687. The molecule has 0 unspecified atom stereocenters. The third kappa shape index (κ3) is 4.97. The van der Waals surface area contributed by atoms with Gasteiger partial charge in [0, 0.05) is 29.7 Å². The number of hydrogen-bond acceptors (Lipinski definition) is 5. The van der Waals surface area contributed by atoms with Gasteiger partial charge >= 0.3 is 4.87 Å². The molecule has 23 heavy (non-hydrogen) atoms. The molecule has 0 aliphatic rings. The smallest absolute Gasteiger partial charge is 0.307 e. The molecule has 1 amide bonds. The Hall–Kier alpha value is -2.59. The molecule has 2 rings (SSSR count). The van der Waals surface area contributed by atoms with Crippen molar-refractivity contribution in [3.63, 3.8) is 0 Å². The Balaban J connectivity index is 1.78. The van der Waals surface area contributed by atoms with Crippen LogP contribution in [0.25, 0.3) is 0 Å². The number of thiazole rings is 1. The first-order chi connectivity index (χ1) is 11.1. The van der Waals surface area contributed by atoms with Crippen LogP contribution >= 0.6 is 11.3 Å². The zero-order valence-electron chi connectivity index (χ0n) is 12.7. The lowest BCUT2D eigenvalue weighted by atomic mass is 10.2. The monoisotopic (exact) mass is 331 g/mol. The maximum absolute atomic E-state index is 11.9. The van der Waals surface area contributed by atoms with Crippen LogP contribution in [0.2, 0.25) is 0 Å². The van der Waals surface area contributed by atoms with Gasteiger partial charge in [0.05, 0.1) is 0 Å². The second kappa shape index (κ2) is 8.15. The maximum atomic E-state index is 11.9. The van der Waals surface area contributed by atoms with Gasteiger partial charge in [-0.3, -0.25) is 9.59 Å². The highest BCUT2D eigenvalue weighted by Gasteiger charge is 2.06. The average Bonchev–Trinajstić information content (AvgIpc) is 2.86. The summed E-state index contributed by atoms with van der Waals surface area (Å²) in [5, 5.41) is 13.0. The summed E-state index contributed by atoms with van der Waals surface area (Å²) in [5.41, 5.74) is 1.59. The van der Waals surface area contributed by atoms with E-state index in [1.165, 1.54) is 11.3 Å². The number of benzene rings is 1. The summed E-state index contributed by atoms with van der Waals surface area (Å²) < 4.78 is 6.82. The quantitative estimate of drug-likeness (QED) is 0.845. The fraction of sp³-hybridized carbons (Fsp3) is 0.312. The Labute approximate surface area is 137 Å². The SMILES string of the molecule is Cc1csc(=O)n1CCCC(=O)Nc1ccc(OCC#N)cc1. The fourth-order valence-electron chi connectivity index (χ4n) is 2.05. The summed E-state index contributed by atoms with van der Waals surface area (Å²) in [6.45, 7) is 2.42. The van der Waals surface area contributed by atoms with Crippen molar-refractivity contribution in [2.24, 2.45) is 0 Å². The second-order valence-corrected chi connectivity index (χ2v) is 5.74. The Morgan fingerprint density at radius 1 is 1.39 bits per heavy atom. The van der Waals surface area contributed by atoms with Crippen LogP contribution in [-0.4, -0.2) is 17.1 Å². The standard InChI is InChI=1S/C16H17N3O3S/c1-12-11-23-16(21)19(12)9-2-3-15(20)18-13-4-6-14(7-5-13)22-10-8-17/h4-7,11H,2-3,9-10H2,1H3,(H,18,20). The average molecular weight is 331 g/mol. The fourth-order valence-corrected chi connectivity index (χ4v) is 2.81. The van der Waals surface area contributed by atoms with Gasteiger partial charge in [-0.2, -0.15) is 5.26 Å². The number of amides is 1. The van der Waals surface area contributed by atoms with Gasteiger partial charge in [-0.15, -0.1) is 0 Å². The number of nitrogens with zero attached hydrogens (tertiary/aromatic N) is 2. The van der Waals surface area contributed by atoms with Gasteiger partial charge in [0.1, 0.15) is 11.8 Å². The van der Waals surface area contributed by atoms with E-state index in [4.69, 9.17) is 10.00 Å². The number of ether oxygens (including phenoxy) is 1. The molecular formula is C16H17N3O3S. The molecule has 1 heterocycles. The molecule has 0 radical (unpaired) electrons. The molecule has 0 saturated heterocycles. The highest BCUT2D eigenvalue weighted by atomic mass is 32.1. The number of carbonyl (C=O) groups excluding carboxylic acids is 1. The first kappa shape index (κ1) is 16.8. The zero-order chi connectivity index (χ0) is 16.7. The Bertz CT molecular complexity index is 756. The predicted molar refractivity (Wildman–Crippen MR) is 88.7 cm³/mol. The number of nitriles is 1. The van der Waals surface area contributed by atoms with Gasteiger partial charge in [-0.1, -0.05) is 11.3 Å². The van der Waals surface area contributed by atoms with E-state index >= 15 is 0 Å². The number of rotatable bonds is 7. The van der Waals surface area contributed by atoms with E-state index in [1.807, 2.05) is 18.4 Å². The third-order valence-corrected chi connectivity index (χ3v) is 4.08. The molecule has 2 aromatic rings. The maximum Gasteiger partial charge on any atom is 0.307 e. The van der Waals surface area contributed by atoms with E-state index in [9.17, 15) is 9.59 Å². The summed E-state index contributed by atoms with van der Waals surface area (Å²) in [7, 11) is 0. The molecule has 120 valence electrons. The molecule has 0 aliphatic heterocycles. The number of aromatic nitrogens is 1. The molecule has 1 N–H and O–H groups in total. The van der Waals surface area contributed by atoms with E-state index in [0.29, 0.717) is 30.8 Å². The molecule has 1 aromatic carbocycles. The van der Waals surface area contributed by atoms with Crippen molar-refractivity contribution in [3.8, 4) is 11.8 Å². The summed E-state index contributed by atoms with van der Waals surface area (Å²) in [6.07, 6.45) is 0.946. The van der Waals surface area contributed by atoms with Crippen LogP contribution in [0, 0.1) is 18.3 Å². The van der Waals surface area contributed by atoms with Gasteiger partial charge in [0.2, 0.25) is 5.91 Å². The molecule has 0 bridgehead atoms. The lowest BCUT2D eigenvalue weighted by molar-refractivity contribution is -0.116. The molecule has 1 aromatic heterocycles. The van der Waals surface area contributed by atoms with Crippen molar-refractivity contribution in [3.05, 3.63) is 45.0 Å². The van der Waals surface area contributed by atoms with Gasteiger partial charge < -0.3 is 14.6 Å². The molecule has 7 heteroatoms. The van der Waals surface area contributed by atoms with E-state index in [2.05, 4.69) is 5.32 Å². The molecule has 6 nitrogen and oxygen atoms in total. The Morgan fingerprint density at radius 3 is 2.74 bits per heavy atom. The minimum Gasteiger partial charge on any atom is -0.479 e. The van der Waals surface area contributed by atoms with E-state index in [1.54, 1.807) is 28.8 Å². The summed E-state index contributed by atoms with van der Waals surface area (Å²) in [4.78, 5) is 23.5. The minimum atomic E-state index is -0.100. The molecule has 0 saturated carbocycles. The number of aryl methyl sites for hydroxylation is 1. The third-order valence-electron chi connectivity index (χ3n) is 3.20. The van der Waals surface area contributed by atoms with Crippen LogP contribution in [0.5, 0.6) is 5.75 Å². The van der Waals surface area contributed by atoms with Gasteiger partial charge in [-0.25, -0.2) is 0 Å². The molecule has 0 atom stereocenters. The van der Waals surface area contributed by atoms with Crippen LogP contribution in [0.3, 0.4) is 0 Å². The van der Waals surface area contributed by atoms with Crippen LogP contribution in [0.1, 0.15) is 18.5 Å². The van der Waals surface area contributed by atoms with E-state index < -0.39 is 0 Å². The number of carbonyl (C=O) groups is 1. The highest BCUT2D eigenvalue weighted by Crippen LogP contribution is 2.16. The van der Waals surface area contributed by atoms with Gasteiger partial charge in [0.15, 0.2) is 6.61 Å². The van der Waals surface area contributed by atoms with Crippen LogP contribution < -0.4 is 14.9 Å². The Kier molecular flexibility index (Phi) is 5.94. The van der Waals surface area contributed by atoms with Gasteiger partial charge in [-0.05, 0) is 37.6 Å². The summed E-state index contributed by atoms with van der Waals surface area (Å²) in [6, 6.07) is 8.72. The van der Waals surface area contributed by atoms with Crippen LogP contribution in [0.15, 0.2) is 34.4 Å². The Morgan fingerprint density at radius 2 is 2.13 bits per heavy atom. The molecular weight excluding hydrogens is 314 g/mol. The lowest BCUT2D eigenvalue weighted by Gasteiger charge is -2.07. The zero-order valence-corrected chi connectivity index (χ0v) is 13.6. The van der Waals surface area contributed by atoms with Crippen molar-refractivity contribution in [2.45, 2.75) is 26.3 Å². The first-order valence-corrected chi connectivity index (χ1v) is 8.02. The molecule has 0 spiro atoms. The second-order valence-electron chi connectivity index (χ2n) is 4.92. The van der Waals surface area contributed by atoms with Crippen molar-refractivity contribution in [2.75, 3.05) is 11.9 Å². The predicted octanol–water partition coefficient (Wildman–Crippen LogP) is 2.54. The normalized spacial score (nSPS) is 10.1. The largest absolute Gasteiger partial charge is 0.479 e. The number of nitrogens with one attached hydrogen (secondary N) is 1. The number of anilines is 1. The van der Waals surface area contributed by atoms with Crippen molar-refractivity contribution in [1.29, 1.82) is 5.26 Å². The van der Waals surface area contributed by atoms with Crippen molar-refractivity contribution >= 4 is 22.9 Å². The highest BCUT2D eigenvalue weighted by molar-refractivity contribution is 7.07. The lowest BCUT2D eigenvalue weighted by Crippen LogP contribution is -2.17. The van der Waals surface area contributed by atoms with Crippen LogP contribution in [0.4, 0.5) is 5.69 Å².